The van der Waals surface area contributed by atoms with Gasteiger partial charge in [0.05, 0.1) is 17.7 Å². The summed E-state index contributed by atoms with van der Waals surface area (Å²) in [5, 5.41) is 10.9. The minimum absolute atomic E-state index is 0.260. The first-order chi connectivity index (χ1) is 15.2. The van der Waals surface area contributed by atoms with E-state index in [2.05, 4.69) is 32.5 Å². The average Bonchev–Trinajstić information content (AvgIpc) is 3.13. The third-order valence-electron chi connectivity index (χ3n) is 5.30. The number of nitrogens with zero attached hydrogens (tertiary/aromatic N) is 2. The van der Waals surface area contributed by atoms with Gasteiger partial charge in [-0.2, -0.15) is 9.37 Å². The molecule has 1 aromatic heterocycles. The fourth-order valence-corrected chi connectivity index (χ4v) is 4.56. The number of primary amides is 1. The van der Waals surface area contributed by atoms with Gasteiger partial charge in [-0.1, -0.05) is 42.5 Å². The molecular weight excluding hydrogens is 412 g/mol. The Morgan fingerprint density at radius 1 is 1.23 bits per heavy atom. The van der Waals surface area contributed by atoms with Gasteiger partial charge in [0, 0.05) is 24.9 Å². The SMILES string of the molecule is NC(=O)c1cccc2c(C3=NC4=C(CNCN4)CC(NCc4ccccc4)O3)snc12. The van der Waals surface area contributed by atoms with Gasteiger partial charge >= 0.3 is 0 Å². The van der Waals surface area contributed by atoms with Crippen molar-refractivity contribution in [1.29, 1.82) is 0 Å². The Morgan fingerprint density at radius 3 is 2.94 bits per heavy atom. The lowest BCUT2D eigenvalue weighted by atomic mass is 10.1. The summed E-state index contributed by atoms with van der Waals surface area (Å²) in [7, 11) is 0. The first-order valence-corrected chi connectivity index (χ1v) is 10.8. The zero-order chi connectivity index (χ0) is 21.2. The molecule has 2 aromatic carbocycles. The molecule has 3 heterocycles. The quantitative estimate of drug-likeness (QED) is 0.489. The number of benzene rings is 2. The lowest BCUT2D eigenvalue weighted by Crippen LogP contribution is -2.38. The van der Waals surface area contributed by atoms with Crippen LogP contribution in [0.25, 0.3) is 10.9 Å². The Hall–Kier alpha value is -3.27. The summed E-state index contributed by atoms with van der Waals surface area (Å²) in [6.45, 7) is 2.08. The van der Waals surface area contributed by atoms with Gasteiger partial charge in [-0.3, -0.25) is 15.4 Å². The van der Waals surface area contributed by atoms with Gasteiger partial charge in [-0.05, 0) is 28.7 Å². The van der Waals surface area contributed by atoms with Crippen LogP contribution >= 0.6 is 11.5 Å². The van der Waals surface area contributed by atoms with Crippen LogP contribution in [-0.2, 0) is 11.3 Å². The van der Waals surface area contributed by atoms with Crippen molar-refractivity contribution in [3.8, 4) is 0 Å². The molecule has 0 radical (unpaired) electrons. The topological polar surface area (TPSA) is 114 Å². The van der Waals surface area contributed by atoms with E-state index in [-0.39, 0.29) is 6.23 Å². The number of nitrogens with two attached hydrogens (primary N) is 1. The number of amides is 1. The van der Waals surface area contributed by atoms with Gasteiger partial charge in [-0.25, -0.2) is 0 Å². The highest BCUT2D eigenvalue weighted by Crippen LogP contribution is 2.29. The van der Waals surface area contributed by atoms with Gasteiger partial charge in [0.15, 0.2) is 6.23 Å². The second-order valence-corrected chi connectivity index (χ2v) is 8.18. The molecule has 31 heavy (non-hydrogen) atoms. The molecule has 1 atom stereocenters. The van der Waals surface area contributed by atoms with Gasteiger partial charge in [0.2, 0.25) is 5.90 Å². The molecule has 0 bridgehead atoms. The number of carbonyl (C=O) groups excluding carboxylic acids is 1. The van der Waals surface area contributed by atoms with E-state index < -0.39 is 5.91 Å². The van der Waals surface area contributed by atoms with Crippen LogP contribution < -0.4 is 21.7 Å². The van der Waals surface area contributed by atoms with Crippen molar-refractivity contribution in [3.63, 3.8) is 0 Å². The van der Waals surface area contributed by atoms with Gasteiger partial charge < -0.3 is 15.8 Å². The fraction of sp³-hybridized carbons (Fsp3) is 0.227. The zero-order valence-corrected chi connectivity index (χ0v) is 17.5. The Kier molecular flexibility index (Phi) is 5.37. The molecule has 1 amide bonds. The lowest BCUT2D eigenvalue weighted by molar-refractivity contribution is 0.100. The summed E-state index contributed by atoms with van der Waals surface area (Å²) >= 11 is 1.26. The Balaban J connectivity index is 1.50. The summed E-state index contributed by atoms with van der Waals surface area (Å²) in [5.41, 5.74) is 8.83. The highest BCUT2D eigenvalue weighted by atomic mass is 32.1. The molecule has 1 unspecified atom stereocenters. The fourth-order valence-electron chi connectivity index (χ4n) is 3.75. The van der Waals surface area contributed by atoms with Crippen molar-refractivity contribution in [2.45, 2.75) is 19.2 Å². The van der Waals surface area contributed by atoms with E-state index in [4.69, 9.17) is 15.5 Å². The van der Waals surface area contributed by atoms with Crippen molar-refractivity contribution in [1.82, 2.24) is 20.3 Å². The molecule has 0 saturated heterocycles. The van der Waals surface area contributed by atoms with Crippen LogP contribution in [0.2, 0.25) is 0 Å². The normalized spacial score (nSPS) is 18.6. The second-order valence-electron chi connectivity index (χ2n) is 7.40. The maximum atomic E-state index is 11.8. The van der Waals surface area contributed by atoms with Gasteiger partial charge in [-0.15, -0.1) is 0 Å². The largest absolute Gasteiger partial charge is 0.457 e. The van der Waals surface area contributed by atoms with Crippen molar-refractivity contribution in [3.05, 3.63) is 75.9 Å². The summed E-state index contributed by atoms with van der Waals surface area (Å²) < 4.78 is 10.8. The molecule has 5 N–H and O–H groups in total. The highest BCUT2D eigenvalue weighted by Gasteiger charge is 2.27. The number of ether oxygens (including phenoxy) is 1. The zero-order valence-electron chi connectivity index (χ0n) is 16.7. The average molecular weight is 435 g/mol. The number of fused-ring (bicyclic) bond motifs is 1. The Bertz CT molecular complexity index is 1190. The number of aromatic nitrogens is 1. The minimum Gasteiger partial charge on any atom is -0.457 e. The summed E-state index contributed by atoms with van der Waals surface area (Å²) in [5.74, 6) is 0.808. The number of nitrogens with one attached hydrogen (secondary N) is 3. The predicted molar refractivity (Wildman–Crippen MR) is 120 cm³/mol. The first kappa shape index (κ1) is 19.7. The smallest absolute Gasteiger partial charge is 0.250 e. The molecule has 3 aromatic rings. The molecule has 2 aliphatic rings. The molecule has 0 saturated carbocycles. The molecule has 2 aliphatic heterocycles. The number of carbonyl (C=O) groups is 1. The monoisotopic (exact) mass is 434 g/mol. The van der Waals surface area contributed by atoms with Gasteiger partial charge in [0.25, 0.3) is 5.91 Å². The van der Waals surface area contributed by atoms with E-state index >= 15 is 0 Å². The highest BCUT2D eigenvalue weighted by molar-refractivity contribution is 7.09. The van der Waals surface area contributed by atoms with Crippen LogP contribution in [0.4, 0.5) is 0 Å². The van der Waals surface area contributed by atoms with Crippen molar-refractivity contribution in [2.24, 2.45) is 10.7 Å². The van der Waals surface area contributed by atoms with Crippen LogP contribution in [0.5, 0.6) is 0 Å². The molecule has 0 fully saturated rings. The van der Waals surface area contributed by atoms with Crippen LogP contribution in [0.3, 0.4) is 0 Å². The van der Waals surface area contributed by atoms with E-state index in [0.29, 0.717) is 36.6 Å². The van der Waals surface area contributed by atoms with Crippen LogP contribution in [0.1, 0.15) is 27.2 Å². The standard InChI is InChI=1S/C22H22N6O2S/c23-20(29)16-8-4-7-15-18(16)28-31-19(15)22-27-21-14(11-24-12-26-21)9-17(30-22)25-10-13-5-2-1-3-6-13/h1-8,17,24-26H,9-12H2,(H2,23,29). The van der Waals surface area contributed by atoms with Crippen LogP contribution in [-0.4, -0.2) is 35.6 Å². The molecule has 158 valence electrons. The Labute approximate surface area is 183 Å². The van der Waals surface area contributed by atoms with Crippen LogP contribution in [0.15, 0.2) is 64.9 Å². The van der Waals surface area contributed by atoms with Crippen molar-refractivity contribution >= 4 is 34.2 Å². The number of hydrogen-bond donors (Lipinski definition) is 4. The number of rotatable bonds is 5. The summed E-state index contributed by atoms with van der Waals surface area (Å²) in [6.07, 6.45) is 0.433. The van der Waals surface area contributed by atoms with E-state index in [0.717, 1.165) is 28.2 Å². The third kappa shape index (κ3) is 4.02. The van der Waals surface area contributed by atoms with E-state index in [1.807, 2.05) is 24.3 Å². The molecule has 9 heteroatoms. The molecule has 0 spiro atoms. The van der Waals surface area contributed by atoms with Crippen molar-refractivity contribution < 1.29 is 9.53 Å². The van der Waals surface area contributed by atoms with E-state index in [9.17, 15) is 4.79 Å². The maximum Gasteiger partial charge on any atom is 0.250 e. The molecule has 0 aliphatic carbocycles. The summed E-state index contributed by atoms with van der Waals surface area (Å²) in [4.78, 5) is 17.4. The minimum atomic E-state index is -0.501. The third-order valence-corrected chi connectivity index (χ3v) is 6.15. The summed E-state index contributed by atoms with van der Waals surface area (Å²) in [6, 6.07) is 15.6. The second kappa shape index (κ2) is 8.46. The number of aliphatic imine (C=N–C) groups is 1. The van der Waals surface area contributed by atoms with E-state index in [1.165, 1.54) is 17.1 Å². The molecule has 5 rings (SSSR count). The first-order valence-electron chi connectivity index (χ1n) is 10.1. The van der Waals surface area contributed by atoms with Crippen LogP contribution in [0, 0.1) is 0 Å². The maximum absolute atomic E-state index is 11.8. The van der Waals surface area contributed by atoms with Crippen molar-refractivity contribution in [2.75, 3.05) is 13.2 Å². The van der Waals surface area contributed by atoms with Gasteiger partial charge in [0.1, 0.15) is 10.7 Å². The predicted octanol–water partition coefficient (Wildman–Crippen LogP) is 2.04. The molecule has 8 nitrogen and oxygen atoms in total. The number of hydrogen-bond acceptors (Lipinski definition) is 8. The Morgan fingerprint density at radius 2 is 2.10 bits per heavy atom. The lowest BCUT2D eigenvalue weighted by Gasteiger charge is -2.22. The van der Waals surface area contributed by atoms with E-state index in [1.54, 1.807) is 12.1 Å². The molecular formula is C22H22N6O2S.